The van der Waals surface area contributed by atoms with Gasteiger partial charge in [0, 0.05) is 6.42 Å². The second kappa shape index (κ2) is 6.58. The molecule has 2 rings (SSSR count). The van der Waals surface area contributed by atoms with E-state index in [2.05, 4.69) is 0 Å². The Kier molecular flexibility index (Phi) is 4.80. The summed E-state index contributed by atoms with van der Waals surface area (Å²) in [6.45, 7) is 2.04. The minimum absolute atomic E-state index is 0.0572. The molecule has 2 nitrogen and oxygen atoms in total. The van der Waals surface area contributed by atoms with Crippen molar-refractivity contribution in [3.8, 4) is 0 Å². The minimum atomic E-state index is -0.0572. The average Bonchev–Trinajstić information content (AvgIpc) is 2.91. The molecule has 0 amide bonds. The summed E-state index contributed by atoms with van der Waals surface area (Å²) in [4.78, 5) is 11.8. The van der Waals surface area contributed by atoms with E-state index in [1.165, 1.54) is 31.2 Å². The van der Waals surface area contributed by atoms with Crippen LogP contribution in [0, 0.1) is 5.92 Å². The number of aryl methyl sites for hydroxylation is 1. The van der Waals surface area contributed by atoms with Crippen LogP contribution in [0.25, 0.3) is 0 Å². The summed E-state index contributed by atoms with van der Waals surface area (Å²) in [5, 5.41) is 0. The molecule has 0 heterocycles. The molecule has 1 aliphatic carbocycles. The largest absolute Gasteiger partial charge is 0.462 e. The lowest BCUT2D eigenvalue weighted by Gasteiger charge is -2.19. The molecule has 0 spiro atoms. The highest BCUT2D eigenvalue weighted by molar-refractivity contribution is 5.69. The van der Waals surface area contributed by atoms with Gasteiger partial charge in [-0.15, -0.1) is 0 Å². The molecule has 0 N–H and O–H groups in total. The number of esters is 1. The second-order valence-corrected chi connectivity index (χ2v) is 5.23. The lowest BCUT2D eigenvalue weighted by Crippen LogP contribution is -2.22. The molecular weight excluding hydrogens is 224 g/mol. The zero-order valence-electron chi connectivity index (χ0n) is 11.1. The van der Waals surface area contributed by atoms with Crippen LogP contribution in [0.2, 0.25) is 0 Å². The van der Waals surface area contributed by atoms with Crippen LogP contribution in [0.1, 0.15) is 44.6 Å². The van der Waals surface area contributed by atoms with E-state index in [1.54, 1.807) is 0 Å². The van der Waals surface area contributed by atoms with Crippen LogP contribution < -0.4 is 0 Å². The summed E-state index contributed by atoms with van der Waals surface area (Å²) in [7, 11) is 0. The second-order valence-electron chi connectivity index (χ2n) is 5.23. The molecule has 1 aromatic carbocycles. The van der Waals surface area contributed by atoms with E-state index in [9.17, 15) is 4.79 Å². The topological polar surface area (TPSA) is 26.3 Å². The summed E-state index contributed by atoms with van der Waals surface area (Å²) < 4.78 is 5.52. The first kappa shape index (κ1) is 13.1. The highest BCUT2D eigenvalue weighted by Crippen LogP contribution is 2.29. The summed E-state index contributed by atoms with van der Waals surface area (Å²) in [5.41, 5.74) is 1.20. The van der Waals surface area contributed by atoms with Gasteiger partial charge in [0.1, 0.15) is 6.10 Å². The number of rotatable bonds is 5. The molecule has 1 unspecified atom stereocenters. The molecule has 1 fully saturated rings. The van der Waals surface area contributed by atoms with Gasteiger partial charge in [-0.2, -0.15) is 0 Å². The molecule has 0 aliphatic heterocycles. The Balaban J connectivity index is 1.71. The van der Waals surface area contributed by atoms with E-state index in [0.717, 1.165) is 6.42 Å². The average molecular weight is 246 g/mol. The summed E-state index contributed by atoms with van der Waals surface area (Å²) in [6.07, 6.45) is 6.36. The molecule has 0 aromatic heterocycles. The van der Waals surface area contributed by atoms with Crippen LogP contribution in [0.3, 0.4) is 0 Å². The molecule has 0 bridgehead atoms. The third-order valence-corrected chi connectivity index (χ3v) is 3.84. The first-order chi connectivity index (χ1) is 8.75. The standard InChI is InChI=1S/C16H22O2/c1-13(15-9-5-6-10-15)18-16(17)12-11-14-7-3-2-4-8-14/h2-4,7-8,13,15H,5-6,9-12H2,1H3. The lowest BCUT2D eigenvalue weighted by atomic mass is 10.0. The third-order valence-electron chi connectivity index (χ3n) is 3.84. The van der Waals surface area contributed by atoms with Crippen LogP contribution in [-0.2, 0) is 16.0 Å². The Morgan fingerprint density at radius 3 is 2.61 bits per heavy atom. The zero-order valence-corrected chi connectivity index (χ0v) is 11.1. The quantitative estimate of drug-likeness (QED) is 0.740. The molecule has 2 heteroatoms. The molecule has 0 saturated heterocycles. The highest BCUT2D eigenvalue weighted by Gasteiger charge is 2.24. The van der Waals surface area contributed by atoms with Crippen molar-refractivity contribution in [3.63, 3.8) is 0 Å². The predicted molar refractivity (Wildman–Crippen MR) is 72.3 cm³/mol. The van der Waals surface area contributed by atoms with Crippen LogP contribution in [-0.4, -0.2) is 12.1 Å². The Bertz CT molecular complexity index is 366. The fourth-order valence-electron chi connectivity index (χ4n) is 2.68. The molecule has 98 valence electrons. The maximum atomic E-state index is 11.8. The Hall–Kier alpha value is -1.31. The minimum Gasteiger partial charge on any atom is -0.462 e. The Morgan fingerprint density at radius 2 is 1.94 bits per heavy atom. The van der Waals surface area contributed by atoms with Gasteiger partial charge in [-0.25, -0.2) is 0 Å². The van der Waals surface area contributed by atoms with Crippen molar-refractivity contribution in [1.82, 2.24) is 0 Å². The van der Waals surface area contributed by atoms with Gasteiger partial charge >= 0.3 is 5.97 Å². The van der Waals surface area contributed by atoms with Crippen LogP contribution in [0.15, 0.2) is 30.3 Å². The van der Waals surface area contributed by atoms with Crippen molar-refractivity contribution in [1.29, 1.82) is 0 Å². The number of ether oxygens (including phenoxy) is 1. The van der Waals surface area contributed by atoms with Gasteiger partial charge < -0.3 is 4.74 Å². The maximum absolute atomic E-state index is 11.8. The van der Waals surface area contributed by atoms with Crippen LogP contribution in [0.4, 0.5) is 0 Å². The summed E-state index contributed by atoms with van der Waals surface area (Å²) in [6, 6.07) is 10.1. The number of hydrogen-bond acceptors (Lipinski definition) is 2. The fourth-order valence-corrected chi connectivity index (χ4v) is 2.68. The van der Waals surface area contributed by atoms with E-state index in [-0.39, 0.29) is 12.1 Å². The van der Waals surface area contributed by atoms with Crippen molar-refractivity contribution in [2.45, 2.75) is 51.6 Å². The number of benzene rings is 1. The third kappa shape index (κ3) is 3.86. The van der Waals surface area contributed by atoms with E-state index in [0.29, 0.717) is 12.3 Å². The van der Waals surface area contributed by atoms with Crippen LogP contribution in [0.5, 0.6) is 0 Å². The molecule has 0 radical (unpaired) electrons. The molecule has 1 saturated carbocycles. The Morgan fingerprint density at radius 1 is 1.28 bits per heavy atom. The first-order valence-electron chi connectivity index (χ1n) is 6.99. The van der Waals surface area contributed by atoms with Gasteiger partial charge in [-0.3, -0.25) is 4.79 Å². The number of carbonyl (C=O) groups is 1. The normalized spacial score (nSPS) is 17.6. The first-order valence-corrected chi connectivity index (χ1v) is 6.99. The zero-order chi connectivity index (χ0) is 12.8. The smallest absolute Gasteiger partial charge is 0.306 e. The maximum Gasteiger partial charge on any atom is 0.306 e. The van der Waals surface area contributed by atoms with Crippen molar-refractivity contribution in [3.05, 3.63) is 35.9 Å². The van der Waals surface area contributed by atoms with Crippen molar-refractivity contribution >= 4 is 5.97 Å². The molecule has 1 aromatic rings. The van der Waals surface area contributed by atoms with Gasteiger partial charge in [0.2, 0.25) is 0 Å². The molecule has 1 atom stereocenters. The van der Waals surface area contributed by atoms with Gasteiger partial charge in [0.25, 0.3) is 0 Å². The van der Waals surface area contributed by atoms with Gasteiger partial charge in [0.05, 0.1) is 0 Å². The SMILES string of the molecule is CC(OC(=O)CCc1ccccc1)C1CCCC1. The summed E-state index contributed by atoms with van der Waals surface area (Å²) in [5.74, 6) is 0.531. The van der Waals surface area contributed by atoms with E-state index >= 15 is 0 Å². The van der Waals surface area contributed by atoms with Gasteiger partial charge in [-0.05, 0) is 37.7 Å². The van der Waals surface area contributed by atoms with Gasteiger partial charge in [0.15, 0.2) is 0 Å². The predicted octanol–water partition coefficient (Wildman–Crippen LogP) is 3.74. The number of carbonyl (C=O) groups excluding carboxylic acids is 1. The van der Waals surface area contributed by atoms with E-state index in [4.69, 9.17) is 4.74 Å². The molecular formula is C16H22O2. The van der Waals surface area contributed by atoms with E-state index in [1.807, 2.05) is 37.3 Å². The fraction of sp³-hybridized carbons (Fsp3) is 0.562. The molecule has 18 heavy (non-hydrogen) atoms. The van der Waals surface area contributed by atoms with Crippen molar-refractivity contribution in [2.75, 3.05) is 0 Å². The lowest BCUT2D eigenvalue weighted by molar-refractivity contribution is -0.150. The highest BCUT2D eigenvalue weighted by atomic mass is 16.5. The Labute approximate surface area is 109 Å². The molecule has 1 aliphatic rings. The summed E-state index contributed by atoms with van der Waals surface area (Å²) >= 11 is 0. The van der Waals surface area contributed by atoms with E-state index < -0.39 is 0 Å². The monoisotopic (exact) mass is 246 g/mol. The number of hydrogen-bond donors (Lipinski definition) is 0. The van der Waals surface area contributed by atoms with Crippen molar-refractivity contribution in [2.24, 2.45) is 5.92 Å². The van der Waals surface area contributed by atoms with Crippen molar-refractivity contribution < 1.29 is 9.53 Å². The van der Waals surface area contributed by atoms with Gasteiger partial charge in [-0.1, -0.05) is 43.2 Å². The van der Waals surface area contributed by atoms with Crippen LogP contribution >= 0.6 is 0 Å².